The topological polar surface area (TPSA) is 58.6 Å². The highest BCUT2D eigenvalue weighted by atomic mass is 16.5. The smallest absolute Gasteiger partial charge is 0.225 e. The van der Waals surface area contributed by atoms with E-state index in [0.717, 1.165) is 45.3 Å². The molecule has 1 spiro atoms. The first-order chi connectivity index (χ1) is 12.1. The van der Waals surface area contributed by atoms with E-state index in [4.69, 9.17) is 4.74 Å². The number of likely N-dealkylation sites (tertiary alicyclic amines) is 1. The van der Waals surface area contributed by atoms with E-state index < -0.39 is 0 Å². The fourth-order valence-electron chi connectivity index (χ4n) is 5.36. The predicted octanol–water partition coefficient (Wildman–Crippen LogP) is 2.49. The van der Waals surface area contributed by atoms with Crippen molar-refractivity contribution in [2.75, 3.05) is 19.7 Å². The van der Waals surface area contributed by atoms with E-state index in [-0.39, 0.29) is 35.1 Å². The molecule has 5 heteroatoms. The molecule has 4 aliphatic rings. The number of carbonyl (C=O) groups is 2. The van der Waals surface area contributed by atoms with E-state index in [1.807, 2.05) is 4.90 Å². The lowest BCUT2D eigenvalue weighted by Gasteiger charge is -2.54. The second-order valence-electron chi connectivity index (χ2n) is 8.58. The lowest BCUT2D eigenvalue weighted by molar-refractivity contribution is -0.148. The van der Waals surface area contributed by atoms with Gasteiger partial charge in [-0.15, -0.1) is 0 Å². The van der Waals surface area contributed by atoms with E-state index in [1.54, 1.807) is 0 Å². The Kier molecular flexibility index (Phi) is 4.78. The van der Waals surface area contributed by atoms with Gasteiger partial charge in [0, 0.05) is 37.1 Å². The van der Waals surface area contributed by atoms with Crippen molar-refractivity contribution in [1.29, 1.82) is 0 Å². The maximum atomic E-state index is 12.9. The Labute approximate surface area is 150 Å². The Balaban J connectivity index is 1.34. The van der Waals surface area contributed by atoms with Gasteiger partial charge >= 0.3 is 0 Å². The zero-order valence-corrected chi connectivity index (χ0v) is 15.5. The minimum absolute atomic E-state index is 0.0268. The lowest BCUT2D eigenvalue weighted by Crippen LogP contribution is -2.64. The fourth-order valence-corrected chi connectivity index (χ4v) is 5.36. The summed E-state index contributed by atoms with van der Waals surface area (Å²) < 4.78 is 5.95. The SMILES string of the molecule is CCO[C@@H]1C[C@@H](NC(=O)[C@H]2CCCN(C(=O)C3CC3)C2)C12CCCC2. The molecule has 3 saturated carbocycles. The van der Waals surface area contributed by atoms with Crippen LogP contribution in [0.25, 0.3) is 0 Å². The van der Waals surface area contributed by atoms with Crippen molar-refractivity contribution in [2.24, 2.45) is 17.3 Å². The molecule has 0 aromatic rings. The van der Waals surface area contributed by atoms with E-state index >= 15 is 0 Å². The Hall–Kier alpha value is -1.10. The van der Waals surface area contributed by atoms with Crippen LogP contribution in [0.1, 0.15) is 64.7 Å². The van der Waals surface area contributed by atoms with Gasteiger partial charge in [-0.25, -0.2) is 0 Å². The zero-order valence-electron chi connectivity index (χ0n) is 15.5. The van der Waals surface area contributed by atoms with Crippen LogP contribution in [0, 0.1) is 17.3 Å². The monoisotopic (exact) mass is 348 g/mol. The summed E-state index contributed by atoms with van der Waals surface area (Å²) in [6.45, 7) is 4.27. The molecule has 4 fully saturated rings. The molecule has 4 rings (SSSR count). The number of ether oxygens (including phenoxy) is 1. The minimum atomic E-state index is -0.0268. The summed E-state index contributed by atoms with van der Waals surface area (Å²) in [4.78, 5) is 27.1. The van der Waals surface area contributed by atoms with Gasteiger partial charge in [-0.2, -0.15) is 0 Å². The second kappa shape index (κ2) is 6.90. The van der Waals surface area contributed by atoms with Crippen LogP contribution < -0.4 is 5.32 Å². The normalized spacial score (nSPS) is 34.0. The molecular weight excluding hydrogens is 316 g/mol. The molecule has 1 heterocycles. The molecule has 5 nitrogen and oxygen atoms in total. The van der Waals surface area contributed by atoms with Crippen LogP contribution in [0.3, 0.4) is 0 Å². The van der Waals surface area contributed by atoms with Crippen molar-refractivity contribution in [3.05, 3.63) is 0 Å². The number of carbonyl (C=O) groups excluding carboxylic acids is 2. The summed E-state index contributed by atoms with van der Waals surface area (Å²) in [6.07, 6.45) is 10.1. The van der Waals surface area contributed by atoms with Gasteiger partial charge in [0.1, 0.15) is 0 Å². The molecule has 0 aromatic heterocycles. The minimum Gasteiger partial charge on any atom is -0.378 e. The highest BCUT2D eigenvalue weighted by molar-refractivity contribution is 5.83. The summed E-state index contributed by atoms with van der Waals surface area (Å²) in [5, 5.41) is 3.35. The van der Waals surface area contributed by atoms with Crippen molar-refractivity contribution in [2.45, 2.75) is 76.9 Å². The molecular formula is C20H32N2O3. The maximum absolute atomic E-state index is 12.9. The molecule has 0 aromatic carbocycles. The average molecular weight is 348 g/mol. The van der Waals surface area contributed by atoms with Crippen molar-refractivity contribution in [3.63, 3.8) is 0 Å². The highest BCUT2D eigenvalue weighted by Crippen LogP contribution is 2.54. The average Bonchev–Trinajstić information content (AvgIpc) is 3.34. The first-order valence-electron chi connectivity index (χ1n) is 10.3. The van der Waals surface area contributed by atoms with Crippen molar-refractivity contribution in [3.8, 4) is 0 Å². The maximum Gasteiger partial charge on any atom is 0.225 e. The molecule has 1 N–H and O–H groups in total. The van der Waals surface area contributed by atoms with Gasteiger partial charge in [0.2, 0.25) is 11.8 Å². The van der Waals surface area contributed by atoms with Crippen LogP contribution in [0.5, 0.6) is 0 Å². The lowest BCUT2D eigenvalue weighted by atomic mass is 9.60. The molecule has 1 aliphatic heterocycles. The Morgan fingerprint density at radius 1 is 1.12 bits per heavy atom. The van der Waals surface area contributed by atoms with Gasteiger partial charge in [-0.1, -0.05) is 12.8 Å². The number of hydrogen-bond acceptors (Lipinski definition) is 3. The molecule has 1 saturated heterocycles. The number of amides is 2. The molecule has 0 bridgehead atoms. The number of piperidine rings is 1. The third kappa shape index (κ3) is 3.20. The summed E-state index contributed by atoms with van der Waals surface area (Å²) >= 11 is 0. The molecule has 140 valence electrons. The quantitative estimate of drug-likeness (QED) is 0.830. The van der Waals surface area contributed by atoms with E-state index in [0.29, 0.717) is 12.6 Å². The first-order valence-corrected chi connectivity index (χ1v) is 10.3. The largest absolute Gasteiger partial charge is 0.378 e. The zero-order chi connectivity index (χ0) is 17.4. The fraction of sp³-hybridized carbons (Fsp3) is 0.900. The molecule has 0 radical (unpaired) electrons. The molecule has 3 aliphatic carbocycles. The Morgan fingerprint density at radius 2 is 1.88 bits per heavy atom. The van der Waals surface area contributed by atoms with Gasteiger partial charge in [-0.05, 0) is 51.9 Å². The van der Waals surface area contributed by atoms with Crippen LogP contribution in [-0.2, 0) is 14.3 Å². The molecule has 2 amide bonds. The second-order valence-corrected chi connectivity index (χ2v) is 8.58. The summed E-state index contributed by atoms with van der Waals surface area (Å²) in [5.41, 5.74) is 0.184. The van der Waals surface area contributed by atoms with Gasteiger partial charge in [0.25, 0.3) is 0 Å². The first kappa shape index (κ1) is 17.3. The van der Waals surface area contributed by atoms with Gasteiger partial charge < -0.3 is 15.0 Å². The summed E-state index contributed by atoms with van der Waals surface area (Å²) in [7, 11) is 0. The third-order valence-corrected chi connectivity index (χ3v) is 7.03. The van der Waals surface area contributed by atoms with Crippen LogP contribution in [0.4, 0.5) is 0 Å². The van der Waals surface area contributed by atoms with Crippen molar-refractivity contribution >= 4 is 11.8 Å². The Morgan fingerprint density at radius 3 is 2.56 bits per heavy atom. The number of hydrogen-bond donors (Lipinski definition) is 1. The number of nitrogens with one attached hydrogen (secondary N) is 1. The van der Waals surface area contributed by atoms with Gasteiger partial charge in [0.05, 0.1) is 12.0 Å². The standard InChI is InChI=1S/C20H32N2O3/c1-2-25-17-12-16(20(17)9-3-4-10-20)21-18(23)15-6-5-11-22(13-15)19(24)14-7-8-14/h14-17H,2-13H2,1H3,(H,21,23)/t15-,16+,17+/m0/s1. The van der Waals surface area contributed by atoms with Crippen LogP contribution in [0.2, 0.25) is 0 Å². The number of rotatable bonds is 5. The summed E-state index contributed by atoms with van der Waals surface area (Å²) in [5.74, 6) is 0.674. The van der Waals surface area contributed by atoms with Gasteiger partial charge in [-0.3, -0.25) is 9.59 Å². The predicted molar refractivity (Wildman–Crippen MR) is 94.9 cm³/mol. The van der Waals surface area contributed by atoms with E-state index in [2.05, 4.69) is 12.2 Å². The third-order valence-electron chi connectivity index (χ3n) is 7.03. The molecule has 3 atom stereocenters. The Bertz CT molecular complexity index is 525. The number of nitrogens with zero attached hydrogens (tertiary/aromatic N) is 1. The van der Waals surface area contributed by atoms with Crippen molar-refractivity contribution < 1.29 is 14.3 Å². The molecule has 25 heavy (non-hydrogen) atoms. The molecule has 0 unspecified atom stereocenters. The van der Waals surface area contributed by atoms with Crippen molar-refractivity contribution in [1.82, 2.24) is 10.2 Å². The highest BCUT2D eigenvalue weighted by Gasteiger charge is 2.57. The van der Waals surface area contributed by atoms with Crippen LogP contribution in [-0.4, -0.2) is 48.6 Å². The van der Waals surface area contributed by atoms with E-state index in [9.17, 15) is 9.59 Å². The van der Waals surface area contributed by atoms with Crippen LogP contribution in [0.15, 0.2) is 0 Å². The van der Waals surface area contributed by atoms with E-state index in [1.165, 1.54) is 25.7 Å². The summed E-state index contributed by atoms with van der Waals surface area (Å²) in [6, 6.07) is 0.272. The van der Waals surface area contributed by atoms with Crippen LogP contribution >= 0.6 is 0 Å². The van der Waals surface area contributed by atoms with Gasteiger partial charge in [0.15, 0.2) is 0 Å².